The van der Waals surface area contributed by atoms with Gasteiger partial charge in [-0.1, -0.05) is 237 Å². The molecule has 0 aromatic rings. The first-order valence-corrected chi connectivity index (χ1v) is 32.3. The van der Waals surface area contributed by atoms with Crippen LogP contribution in [0.4, 0.5) is 0 Å². The molecule has 0 saturated heterocycles. The molecule has 0 aliphatic rings. The summed E-state index contributed by atoms with van der Waals surface area (Å²) in [5, 5.41) is 3.02. The zero-order chi connectivity index (χ0) is 52.9. The molecule has 0 aliphatic heterocycles. The fourth-order valence-corrected chi connectivity index (χ4v) is 9.71. The highest BCUT2D eigenvalue weighted by atomic mass is 31.2. The number of rotatable bonds is 56. The van der Waals surface area contributed by atoms with Crippen molar-refractivity contribution in [1.29, 1.82) is 0 Å². The van der Waals surface area contributed by atoms with Gasteiger partial charge >= 0.3 is 5.97 Å². The van der Waals surface area contributed by atoms with E-state index in [4.69, 9.17) is 13.8 Å². The zero-order valence-electron chi connectivity index (χ0n) is 48.4. The molecule has 0 fully saturated rings. The Hall–Kier alpha value is -1.77. The summed E-state index contributed by atoms with van der Waals surface area (Å²) in [6, 6.07) is -0.892. The van der Waals surface area contributed by atoms with Crippen LogP contribution >= 0.6 is 7.82 Å². The highest BCUT2D eigenvalue weighted by Gasteiger charge is 2.27. The van der Waals surface area contributed by atoms with Crippen molar-refractivity contribution in [2.24, 2.45) is 0 Å². The molecule has 0 aromatic heterocycles. The molecule has 0 rings (SSSR count). The van der Waals surface area contributed by atoms with E-state index in [9.17, 15) is 19.0 Å². The third kappa shape index (κ3) is 53.1. The second kappa shape index (κ2) is 52.7. The maximum atomic E-state index is 13.5. The van der Waals surface area contributed by atoms with Gasteiger partial charge in [-0.3, -0.25) is 14.2 Å². The van der Waals surface area contributed by atoms with Crippen molar-refractivity contribution in [3.8, 4) is 0 Å². The van der Waals surface area contributed by atoms with Gasteiger partial charge in [0.25, 0.3) is 7.82 Å². The molecule has 0 spiro atoms. The number of carbonyl (C=O) groups is 2. The maximum absolute atomic E-state index is 13.5. The Morgan fingerprint density at radius 2 is 0.806 bits per heavy atom. The fourth-order valence-electron chi connectivity index (χ4n) is 8.98. The Bertz CT molecular complexity index is 1330. The van der Waals surface area contributed by atoms with Crippen molar-refractivity contribution in [2.45, 2.75) is 309 Å². The number of quaternary nitrogens is 1. The minimum atomic E-state index is -4.70. The topological polar surface area (TPSA) is 114 Å². The van der Waals surface area contributed by atoms with Crippen LogP contribution in [0.1, 0.15) is 297 Å². The van der Waals surface area contributed by atoms with Gasteiger partial charge in [-0.15, -0.1) is 0 Å². The van der Waals surface area contributed by atoms with Crippen molar-refractivity contribution in [3.63, 3.8) is 0 Å². The highest BCUT2D eigenvalue weighted by molar-refractivity contribution is 7.45. The van der Waals surface area contributed by atoms with E-state index in [1.807, 2.05) is 33.3 Å². The van der Waals surface area contributed by atoms with E-state index < -0.39 is 26.6 Å². The van der Waals surface area contributed by atoms with Crippen molar-refractivity contribution in [1.82, 2.24) is 5.32 Å². The molecule has 0 radical (unpaired) electrons. The third-order valence-electron chi connectivity index (χ3n) is 13.8. The number of nitrogens with zero attached hydrogens (tertiary/aromatic N) is 1. The summed E-state index contributed by atoms with van der Waals surface area (Å²) < 4.78 is 30.3. The average Bonchev–Trinajstić information content (AvgIpc) is 3.34. The SMILES string of the molecule is CCCCCCCC/C=C/CCCCCCCCCCCCCC(=O)OC(/C=C\CCCCCCCCCCC)C(COP(=O)([O-])OCC[N+](C)(C)C)NC(=O)CCCCC/C=C\CCCCCCCCC. The lowest BCUT2D eigenvalue weighted by Crippen LogP contribution is -2.47. The van der Waals surface area contributed by atoms with Crippen LogP contribution in [0.15, 0.2) is 36.5 Å². The van der Waals surface area contributed by atoms with E-state index in [1.54, 1.807) is 0 Å². The standard InChI is InChI=1S/C62H119N2O7P/c1-7-10-13-16-19-22-25-27-29-30-31-32-33-34-35-37-40-43-46-49-52-55-62(66)71-60(53-50-47-44-41-38-24-21-18-15-12-9-3)59(58-70-72(67,68)69-57-56-64(4,5)6)63-61(65)54-51-48-45-42-39-36-28-26-23-20-17-14-11-8-2/h27,29,36,39,50,53,59-60H,7-26,28,30-35,37-38,40-49,51-52,54-58H2,1-6H3,(H-,63,65,67,68)/b29-27+,39-36-,53-50-. The molecule has 3 atom stereocenters. The van der Waals surface area contributed by atoms with E-state index in [2.05, 4.69) is 50.4 Å². The molecular weight excluding hydrogens is 916 g/mol. The molecule has 9 nitrogen and oxygen atoms in total. The van der Waals surface area contributed by atoms with Crippen molar-refractivity contribution >= 4 is 19.7 Å². The summed E-state index contributed by atoms with van der Waals surface area (Å²) in [4.78, 5) is 39.9. The monoisotopic (exact) mass is 1030 g/mol. The minimum absolute atomic E-state index is 0.0235. The molecular formula is C62H119N2O7P. The van der Waals surface area contributed by atoms with Crippen LogP contribution in [-0.2, 0) is 27.9 Å². The number of hydrogen-bond donors (Lipinski definition) is 1. The van der Waals surface area contributed by atoms with Gasteiger partial charge < -0.3 is 28.5 Å². The summed E-state index contributed by atoms with van der Waals surface area (Å²) >= 11 is 0. The quantitative estimate of drug-likeness (QED) is 0.0212. The molecule has 0 bridgehead atoms. The van der Waals surface area contributed by atoms with Gasteiger partial charge in [-0.05, 0) is 83.1 Å². The van der Waals surface area contributed by atoms with Crippen LogP contribution in [0.3, 0.4) is 0 Å². The van der Waals surface area contributed by atoms with Crippen LogP contribution < -0.4 is 10.2 Å². The Kier molecular flexibility index (Phi) is 51.4. The van der Waals surface area contributed by atoms with Crippen LogP contribution in [0.5, 0.6) is 0 Å². The van der Waals surface area contributed by atoms with Crippen molar-refractivity contribution in [3.05, 3.63) is 36.5 Å². The number of amides is 1. The van der Waals surface area contributed by atoms with E-state index in [-0.39, 0.29) is 24.9 Å². The number of ether oxygens (including phenoxy) is 1. The fraction of sp³-hybridized carbons (Fsp3) is 0.871. The van der Waals surface area contributed by atoms with E-state index >= 15 is 0 Å². The lowest BCUT2D eigenvalue weighted by molar-refractivity contribution is -0.870. The van der Waals surface area contributed by atoms with Crippen LogP contribution in [0.2, 0.25) is 0 Å². The predicted molar refractivity (Wildman–Crippen MR) is 307 cm³/mol. The molecule has 0 saturated carbocycles. The number of carbonyl (C=O) groups excluding carboxylic acids is 2. The second-order valence-electron chi connectivity index (χ2n) is 22.2. The Morgan fingerprint density at radius 3 is 1.19 bits per heavy atom. The molecule has 10 heteroatoms. The predicted octanol–water partition coefficient (Wildman–Crippen LogP) is 18.1. The molecule has 3 unspecified atom stereocenters. The van der Waals surface area contributed by atoms with E-state index in [0.717, 1.165) is 70.6 Å². The zero-order valence-corrected chi connectivity index (χ0v) is 49.3. The van der Waals surface area contributed by atoms with Gasteiger partial charge in [-0.25, -0.2) is 0 Å². The summed E-state index contributed by atoms with van der Waals surface area (Å²) in [6.45, 7) is 6.84. The molecule has 0 aliphatic carbocycles. The van der Waals surface area contributed by atoms with E-state index in [1.165, 1.54) is 193 Å². The third-order valence-corrected chi connectivity index (χ3v) is 14.8. The lowest BCUT2D eigenvalue weighted by Gasteiger charge is -2.30. The van der Waals surface area contributed by atoms with Crippen molar-refractivity contribution in [2.75, 3.05) is 40.9 Å². The number of nitrogens with one attached hydrogen (secondary N) is 1. The maximum Gasteiger partial charge on any atom is 0.306 e. The lowest BCUT2D eigenvalue weighted by atomic mass is 10.0. The Morgan fingerprint density at radius 1 is 0.472 bits per heavy atom. The minimum Gasteiger partial charge on any atom is -0.756 e. The summed E-state index contributed by atoms with van der Waals surface area (Å²) in [5.41, 5.74) is 0. The number of phosphoric ester groups is 1. The van der Waals surface area contributed by atoms with Gasteiger partial charge in [0, 0.05) is 12.8 Å². The van der Waals surface area contributed by atoms with Crippen LogP contribution in [-0.4, -0.2) is 69.4 Å². The van der Waals surface area contributed by atoms with Gasteiger partial charge in [-0.2, -0.15) is 0 Å². The van der Waals surface area contributed by atoms with Gasteiger partial charge in [0.1, 0.15) is 19.3 Å². The smallest absolute Gasteiger partial charge is 0.306 e. The highest BCUT2D eigenvalue weighted by Crippen LogP contribution is 2.38. The summed E-state index contributed by atoms with van der Waals surface area (Å²) in [5.74, 6) is -0.551. The number of hydrogen-bond acceptors (Lipinski definition) is 7. The Balaban J connectivity index is 5.18. The van der Waals surface area contributed by atoms with Gasteiger partial charge in [0.2, 0.25) is 5.91 Å². The average molecular weight is 1040 g/mol. The summed E-state index contributed by atoms with van der Waals surface area (Å²) in [7, 11) is 1.18. The van der Waals surface area contributed by atoms with Crippen LogP contribution in [0.25, 0.3) is 0 Å². The van der Waals surface area contributed by atoms with Crippen LogP contribution in [0, 0.1) is 0 Å². The van der Waals surface area contributed by atoms with Crippen molar-refractivity contribution < 1.29 is 37.3 Å². The molecule has 1 amide bonds. The number of esters is 1. The molecule has 424 valence electrons. The molecule has 1 N–H and O–H groups in total. The first kappa shape index (κ1) is 70.2. The molecule has 0 heterocycles. The first-order chi connectivity index (χ1) is 34.9. The molecule has 0 aromatic carbocycles. The number of allylic oxidation sites excluding steroid dienone is 5. The van der Waals surface area contributed by atoms with Gasteiger partial charge in [0.15, 0.2) is 0 Å². The first-order valence-electron chi connectivity index (χ1n) is 30.8. The number of likely N-dealkylation sites (N-methyl/N-ethyl adjacent to an activating group) is 1. The number of unbranched alkanes of at least 4 members (excludes halogenated alkanes) is 36. The summed E-state index contributed by atoms with van der Waals surface area (Å²) in [6.07, 6.45) is 62.6. The van der Waals surface area contributed by atoms with E-state index in [0.29, 0.717) is 17.4 Å². The Labute approximate surface area is 446 Å². The number of phosphoric acid groups is 1. The molecule has 72 heavy (non-hydrogen) atoms. The largest absolute Gasteiger partial charge is 0.756 e. The second-order valence-corrected chi connectivity index (χ2v) is 23.6. The normalized spacial score (nSPS) is 13.9. The van der Waals surface area contributed by atoms with Gasteiger partial charge in [0.05, 0.1) is 33.8 Å².